The molecule has 0 aliphatic heterocycles. The SMILES string of the molecule is Cc1ccccc1C(=O)NCC(=O)NCCc1cccc2cccnc12. The van der Waals surface area contributed by atoms with E-state index in [1.807, 2.05) is 49.4 Å². The number of pyridine rings is 1. The Hall–Kier alpha value is -3.21. The second-order valence-electron chi connectivity index (χ2n) is 6.09. The Balaban J connectivity index is 1.49. The van der Waals surface area contributed by atoms with Crippen LogP contribution in [0.25, 0.3) is 10.9 Å². The normalized spacial score (nSPS) is 10.5. The zero-order chi connectivity index (χ0) is 18.4. The van der Waals surface area contributed by atoms with E-state index in [-0.39, 0.29) is 18.4 Å². The number of carbonyl (C=O) groups is 2. The van der Waals surface area contributed by atoms with Crippen molar-refractivity contribution < 1.29 is 9.59 Å². The second-order valence-corrected chi connectivity index (χ2v) is 6.09. The van der Waals surface area contributed by atoms with Crippen LogP contribution in [0.5, 0.6) is 0 Å². The molecule has 3 aromatic rings. The van der Waals surface area contributed by atoms with Crippen LogP contribution in [0.15, 0.2) is 60.8 Å². The number of para-hydroxylation sites is 1. The van der Waals surface area contributed by atoms with Gasteiger partial charge in [-0.05, 0) is 36.6 Å². The minimum Gasteiger partial charge on any atom is -0.354 e. The third kappa shape index (κ3) is 4.25. The van der Waals surface area contributed by atoms with Gasteiger partial charge in [-0.15, -0.1) is 0 Å². The quantitative estimate of drug-likeness (QED) is 0.720. The molecular weight excluding hydrogens is 326 g/mol. The second kappa shape index (κ2) is 8.25. The van der Waals surface area contributed by atoms with Crippen molar-refractivity contribution in [3.63, 3.8) is 0 Å². The zero-order valence-corrected chi connectivity index (χ0v) is 14.7. The molecule has 0 spiro atoms. The first-order chi connectivity index (χ1) is 12.6. The largest absolute Gasteiger partial charge is 0.354 e. The molecule has 0 radical (unpaired) electrons. The molecule has 5 nitrogen and oxygen atoms in total. The molecule has 5 heteroatoms. The van der Waals surface area contributed by atoms with Crippen LogP contribution in [0, 0.1) is 6.92 Å². The van der Waals surface area contributed by atoms with Crippen LogP contribution in [0.4, 0.5) is 0 Å². The van der Waals surface area contributed by atoms with E-state index >= 15 is 0 Å². The summed E-state index contributed by atoms with van der Waals surface area (Å²) in [5.41, 5.74) is 3.51. The molecule has 0 aliphatic carbocycles. The molecule has 1 heterocycles. The fourth-order valence-corrected chi connectivity index (χ4v) is 2.85. The van der Waals surface area contributed by atoms with Gasteiger partial charge in [0.1, 0.15) is 0 Å². The van der Waals surface area contributed by atoms with Crippen LogP contribution in [-0.2, 0) is 11.2 Å². The maximum atomic E-state index is 12.1. The lowest BCUT2D eigenvalue weighted by Crippen LogP contribution is -2.37. The number of hydrogen-bond donors (Lipinski definition) is 2. The van der Waals surface area contributed by atoms with Gasteiger partial charge in [0.15, 0.2) is 0 Å². The number of carbonyl (C=O) groups excluding carboxylic acids is 2. The smallest absolute Gasteiger partial charge is 0.251 e. The molecule has 0 unspecified atom stereocenters. The number of aromatic nitrogens is 1. The van der Waals surface area contributed by atoms with E-state index in [0.29, 0.717) is 18.5 Å². The molecule has 0 bridgehead atoms. The molecule has 0 aliphatic rings. The van der Waals surface area contributed by atoms with Crippen LogP contribution in [-0.4, -0.2) is 29.9 Å². The van der Waals surface area contributed by atoms with E-state index in [9.17, 15) is 9.59 Å². The Bertz CT molecular complexity index is 932. The number of benzene rings is 2. The molecule has 132 valence electrons. The van der Waals surface area contributed by atoms with Gasteiger partial charge >= 0.3 is 0 Å². The van der Waals surface area contributed by atoms with Gasteiger partial charge in [0, 0.05) is 23.7 Å². The van der Waals surface area contributed by atoms with Crippen molar-refractivity contribution in [3.8, 4) is 0 Å². The van der Waals surface area contributed by atoms with Gasteiger partial charge in [0.2, 0.25) is 5.91 Å². The van der Waals surface area contributed by atoms with E-state index in [4.69, 9.17) is 0 Å². The Morgan fingerprint density at radius 2 is 1.77 bits per heavy atom. The van der Waals surface area contributed by atoms with Crippen LogP contribution < -0.4 is 10.6 Å². The summed E-state index contributed by atoms with van der Waals surface area (Å²) in [4.78, 5) is 28.5. The van der Waals surface area contributed by atoms with Crippen molar-refractivity contribution in [2.75, 3.05) is 13.1 Å². The van der Waals surface area contributed by atoms with Crippen LogP contribution >= 0.6 is 0 Å². The highest BCUT2D eigenvalue weighted by Crippen LogP contribution is 2.15. The zero-order valence-electron chi connectivity index (χ0n) is 14.7. The van der Waals surface area contributed by atoms with Gasteiger partial charge in [-0.25, -0.2) is 0 Å². The Kier molecular flexibility index (Phi) is 5.59. The first-order valence-electron chi connectivity index (χ1n) is 8.58. The van der Waals surface area contributed by atoms with Gasteiger partial charge in [-0.1, -0.05) is 42.5 Å². The lowest BCUT2D eigenvalue weighted by Gasteiger charge is -2.09. The summed E-state index contributed by atoms with van der Waals surface area (Å²) in [6.45, 7) is 2.32. The molecular formula is C21H21N3O2. The fourth-order valence-electron chi connectivity index (χ4n) is 2.85. The molecule has 0 saturated heterocycles. The van der Waals surface area contributed by atoms with Gasteiger partial charge in [0.05, 0.1) is 12.1 Å². The summed E-state index contributed by atoms with van der Waals surface area (Å²) < 4.78 is 0. The molecule has 0 atom stereocenters. The maximum Gasteiger partial charge on any atom is 0.251 e. The van der Waals surface area contributed by atoms with Crippen molar-refractivity contribution >= 4 is 22.7 Å². The number of amides is 2. The number of rotatable bonds is 6. The van der Waals surface area contributed by atoms with Gasteiger partial charge < -0.3 is 10.6 Å². The van der Waals surface area contributed by atoms with Crippen molar-refractivity contribution in [3.05, 3.63) is 77.5 Å². The van der Waals surface area contributed by atoms with E-state index in [1.54, 1.807) is 18.3 Å². The minimum atomic E-state index is -0.239. The molecule has 2 N–H and O–H groups in total. The summed E-state index contributed by atoms with van der Waals surface area (Å²) in [7, 11) is 0. The first kappa shape index (κ1) is 17.6. The third-order valence-electron chi connectivity index (χ3n) is 4.23. The van der Waals surface area contributed by atoms with Gasteiger partial charge in [-0.2, -0.15) is 0 Å². The predicted molar refractivity (Wildman–Crippen MR) is 102 cm³/mol. The molecule has 1 aromatic heterocycles. The summed E-state index contributed by atoms with van der Waals surface area (Å²) in [6.07, 6.45) is 2.46. The van der Waals surface area contributed by atoms with E-state index in [1.165, 1.54) is 0 Å². The van der Waals surface area contributed by atoms with Gasteiger partial charge in [0.25, 0.3) is 5.91 Å². The van der Waals surface area contributed by atoms with Crippen molar-refractivity contribution in [2.45, 2.75) is 13.3 Å². The number of nitrogens with zero attached hydrogens (tertiary/aromatic N) is 1. The number of fused-ring (bicyclic) bond motifs is 1. The van der Waals surface area contributed by atoms with Crippen LogP contribution in [0.3, 0.4) is 0 Å². The van der Waals surface area contributed by atoms with E-state index in [2.05, 4.69) is 15.6 Å². The molecule has 26 heavy (non-hydrogen) atoms. The average Bonchev–Trinajstić information content (AvgIpc) is 2.66. The Morgan fingerprint density at radius 1 is 0.962 bits per heavy atom. The average molecular weight is 347 g/mol. The number of aryl methyl sites for hydroxylation is 1. The molecule has 0 fully saturated rings. The highest BCUT2D eigenvalue weighted by molar-refractivity contribution is 5.97. The van der Waals surface area contributed by atoms with Crippen molar-refractivity contribution in [2.24, 2.45) is 0 Å². The van der Waals surface area contributed by atoms with E-state index < -0.39 is 0 Å². The van der Waals surface area contributed by atoms with Crippen molar-refractivity contribution in [1.29, 1.82) is 0 Å². The maximum absolute atomic E-state index is 12.1. The van der Waals surface area contributed by atoms with Crippen LogP contribution in [0.2, 0.25) is 0 Å². The summed E-state index contributed by atoms with van der Waals surface area (Å²) in [5, 5.41) is 6.58. The molecule has 3 rings (SSSR count). The standard InChI is InChI=1S/C21H21N3O2/c1-15-6-2-3-10-18(15)21(26)24-14-19(25)22-13-11-17-8-4-7-16-9-5-12-23-20(16)17/h2-10,12H,11,13-14H2,1H3,(H,22,25)(H,24,26). The third-order valence-corrected chi connectivity index (χ3v) is 4.23. The molecule has 0 saturated carbocycles. The summed E-state index contributed by atoms with van der Waals surface area (Å²) in [6, 6.07) is 17.2. The minimum absolute atomic E-state index is 0.0407. The number of hydrogen-bond acceptors (Lipinski definition) is 3. The Labute approximate surface area is 152 Å². The fraction of sp³-hybridized carbons (Fsp3) is 0.190. The van der Waals surface area contributed by atoms with Crippen LogP contribution in [0.1, 0.15) is 21.5 Å². The lowest BCUT2D eigenvalue weighted by atomic mass is 10.1. The van der Waals surface area contributed by atoms with Gasteiger partial charge in [-0.3, -0.25) is 14.6 Å². The lowest BCUT2D eigenvalue weighted by molar-refractivity contribution is -0.120. The number of nitrogens with one attached hydrogen (secondary N) is 2. The van der Waals surface area contributed by atoms with E-state index in [0.717, 1.165) is 22.0 Å². The highest BCUT2D eigenvalue weighted by Gasteiger charge is 2.10. The molecule has 2 amide bonds. The Morgan fingerprint density at radius 3 is 2.62 bits per heavy atom. The summed E-state index contributed by atoms with van der Waals surface area (Å²) in [5.74, 6) is -0.448. The molecule has 2 aromatic carbocycles. The first-order valence-corrected chi connectivity index (χ1v) is 8.58. The highest BCUT2D eigenvalue weighted by atomic mass is 16.2. The van der Waals surface area contributed by atoms with Crippen molar-refractivity contribution in [1.82, 2.24) is 15.6 Å². The monoisotopic (exact) mass is 347 g/mol. The topological polar surface area (TPSA) is 71.1 Å². The predicted octanol–water partition coefficient (Wildman–Crippen LogP) is 2.63. The summed E-state index contributed by atoms with van der Waals surface area (Å²) >= 11 is 0.